The van der Waals surface area contributed by atoms with Crippen molar-refractivity contribution in [2.45, 2.75) is 44.4 Å². The van der Waals surface area contributed by atoms with Gasteiger partial charge >= 0.3 is 0 Å². The van der Waals surface area contributed by atoms with Crippen LogP contribution in [0.25, 0.3) is 20.7 Å². The topological polar surface area (TPSA) is 63.0 Å². The first kappa shape index (κ1) is 24.3. The summed E-state index contributed by atoms with van der Waals surface area (Å²) >= 11 is 6.04. The fraction of sp³-hybridized carbons (Fsp3) is 0.385. The Balaban J connectivity index is 1.25. The predicted octanol–water partition coefficient (Wildman–Crippen LogP) is 6.22. The fourth-order valence-electron chi connectivity index (χ4n) is 4.41. The Morgan fingerprint density at radius 2 is 1.94 bits per heavy atom. The molecule has 0 radical (unpaired) electrons. The Labute approximate surface area is 223 Å². The first-order chi connectivity index (χ1) is 16.7. The van der Waals surface area contributed by atoms with Gasteiger partial charge in [0.05, 0.1) is 23.8 Å². The molecular formula is C26H30IN5S2. The van der Waals surface area contributed by atoms with E-state index in [-0.39, 0.29) is 0 Å². The van der Waals surface area contributed by atoms with E-state index < -0.39 is 0 Å². The van der Waals surface area contributed by atoms with E-state index >= 15 is 0 Å². The van der Waals surface area contributed by atoms with Crippen molar-refractivity contribution in [3.8, 4) is 9.75 Å². The Morgan fingerprint density at radius 1 is 1.03 bits per heavy atom. The normalized spacial score (nSPS) is 17.6. The highest BCUT2D eigenvalue weighted by Gasteiger charge is 2.39. The van der Waals surface area contributed by atoms with Crippen molar-refractivity contribution in [2.24, 2.45) is 0 Å². The highest BCUT2D eigenvalue weighted by molar-refractivity contribution is 14.1. The number of nitrogens with one attached hydrogen (secondary N) is 2. The molecule has 0 aliphatic carbocycles. The van der Waals surface area contributed by atoms with E-state index in [1.807, 2.05) is 11.3 Å². The first-order valence-corrected chi connectivity index (χ1v) is 15.0. The lowest BCUT2D eigenvalue weighted by Gasteiger charge is -2.16. The SMILES string of the molecule is CN(Cc1nc(C2NC2CCCCNCI)c2ccccc2n1)Cc1ccc(-c2cccs2)s1. The molecule has 1 aliphatic heterocycles. The van der Waals surface area contributed by atoms with Crippen molar-refractivity contribution < 1.29 is 0 Å². The van der Waals surface area contributed by atoms with Gasteiger partial charge in [0.15, 0.2) is 0 Å². The standard InChI is InChI=1S/C26H30IN5S2/c1-32(15-18-11-12-23(34-18)22-10-6-14-33-22)16-24-29-20-8-3-2-7-19(20)25(31-24)26-21(30-26)9-4-5-13-28-17-27/h2-3,6-8,10-12,14,21,26,28,30H,4-5,9,13,15-17H2,1H3. The van der Waals surface area contributed by atoms with Gasteiger partial charge in [-0.15, -0.1) is 22.7 Å². The number of hydrogen-bond donors (Lipinski definition) is 2. The maximum Gasteiger partial charge on any atom is 0.143 e. The zero-order valence-corrected chi connectivity index (χ0v) is 23.1. The minimum absolute atomic E-state index is 0.347. The summed E-state index contributed by atoms with van der Waals surface area (Å²) in [5, 5.41) is 10.4. The third-order valence-electron chi connectivity index (χ3n) is 6.14. The summed E-state index contributed by atoms with van der Waals surface area (Å²) < 4.78 is 1.02. The summed E-state index contributed by atoms with van der Waals surface area (Å²) in [6.45, 7) is 2.74. The largest absolute Gasteiger partial charge is 0.308 e. The van der Waals surface area contributed by atoms with Gasteiger partial charge in [-0.1, -0.05) is 53.3 Å². The number of halogens is 1. The summed E-state index contributed by atoms with van der Waals surface area (Å²) in [6, 6.07) is 18.1. The minimum atomic E-state index is 0.347. The molecule has 5 rings (SSSR count). The van der Waals surface area contributed by atoms with E-state index in [1.54, 1.807) is 11.3 Å². The van der Waals surface area contributed by atoms with Crippen molar-refractivity contribution in [3.05, 3.63) is 70.3 Å². The van der Waals surface area contributed by atoms with Crippen LogP contribution in [0.4, 0.5) is 0 Å². The van der Waals surface area contributed by atoms with Crippen molar-refractivity contribution in [1.29, 1.82) is 0 Å². The van der Waals surface area contributed by atoms with E-state index in [0.717, 1.165) is 35.5 Å². The van der Waals surface area contributed by atoms with Crippen molar-refractivity contribution in [1.82, 2.24) is 25.5 Å². The van der Waals surface area contributed by atoms with Crippen molar-refractivity contribution in [2.75, 3.05) is 18.1 Å². The van der Waals surface area contributed by atoms with Gasteiger partial charge in [-0.05, 0) is 56.1 Å². The number of hydrogen-bond acceptors (Lipinski definition) is 7. The van der Waals surface area contributed by atoms with Crippen LogP contribution in [0, 0.1) is 0 Å². The summed E-state index contributed by atoms with van der Waals surface area (Å²) in [7, 11) is 2.16. The Hall–Kier alpha value is -1.43. The van der Waals surface area contributed by atoms with Gasteiger partial charge in [0.1, 0.15) is 5.82 Å². The smallest absolute Gasteiger partial charge is 0.143 e. The van der Waals surface area contributed by atoms with Crippen molar-refractivity contribution in [3.63, 3.8) is 0 Å². The Morgan fingerprint density at radius 3 is 2.79 bits per heavy atom. The molecule has 2 unspecified atom stereocenters. The molecule has 0 bridgehead atoms. The van der Waals surface area contributed by atoms with Gasteiger partial charge in [-0.25, -0.2) is 9.97 Å². The van der Waals surface area contributed by atoms with E-state index in [1.165, 1.54) is 45.0 Å². The highest BCUT2D eigenvalue weighted by Crippen LogP contribution is 2.36. The quantitative estimate of drug-likeness (QED) is 0.0663. The lowest BCUT2D eigenvalue weighted by molar-refractivity contribution is 0.313. The monoisotopic (exact) mass is 603 g/mol. The van der Waals surface area contributed by atoms with Crippen LogP contribution in [0.15, 0.2) is 53.9 Å². The lowest BCUT2D eigenvalue weighted by Crippen LogP contribution is -2.19. The van der Waals surface area contributed by atoms with Gasteiger partial charge in [0, 0.05) is 37.2 Å². The van der Waals surface area contributed by atoms with E-state index in [0.29, 0.717) is 12.1 Å². The molecule has 2 atom stereocenters. The van der Waals surface area contributed by atoms with Crippen LogP contribution in [0.5, 0.6) is 0 Å². The van der Waals surface area contributed by atoms with Crippen LogP contribution in [-0.2, 0) is 13.1 Å². The number of benzene rings is 1. The number of fused-ring (bicyclic) bond motifs is 1. The van der Waals surface area contributed by atoms with Gasteiger partial charge in [0.2, 0.25) is 0 Å². The maximum atomic E-state index is 5.07. The zero-order chi connectivity index (χ0) is 23.3. The highest BCUT2D eigenvalue weighted by atomic mass is 127. The zero-order valence-electron chi connectivity index (χ0n) is 19.3. The summed E-state index contributed by atoms with van der Waals surface area (Å²) in [5.41, 5.74) is 2.21. The van der Waals surface area contributed by atoms with E-state index in [2.05, 4.69) is 99.1 Å². The molecule has 34 heavy (non-hydrogen) atoms. The van der Waals surface area contributed by atoms with Crippen LogP contribution in [-0.4, -0.2) is 39.1 Å². The average Bonchev–Trinajstić information content (AvgIpc) is 3.19. The second kappa shape index (κ2) is 11.5. The molecule has 1 aromatic carbocycles. The predicted molar refractivity (Wildman–Crippen MR) is 153 cm³/mol. The molecule has 3 aromatic heterocycles. The second-order valence-corrected chi connectivity index (χ2v) is 11.7. The lowest BCUT2D eigenvalue weighted by atomic mass is 10.1. The molecule has 2 N–H and O–H groups in total. The first-order valence-electron chi connectivity index (χ1n) is 11.8. The van der Waals surface area contributed by atoms with E-state index in [4.69, 9.17) is 9.97 Å². The van der Waals surface area contributed by atoms with E-state index in [9.17, 15) is 0 Å². The van der Waals surface area contributed by atoms with Gasteiger partial charge < -0.3 is 10.6 Å². The summed E-state index contributed by atoms with van der Waals surface area (Å²) in [6.07, 6.45) is 3.67. The fourth-order valence-corrected chi connectivity index (χ4v) is 6.72. The van der Waals surface area contributed by atoms with Gasteiger partial charge in [-0.3, -0.25) is 4.90 Å². The van der Waals surface area contributed by atoms with Gasteiger partial charge in [-0.2, -0.15) is 0 Å². The van der Waals surface area contributed by atoms with Crippen LogP contribution in [0.1, 0.15) is 41.7 Å². The van der Waals surface area contributed by atoms with Crippen LogP contribution in [0.3, 0.4) is 0 Å². The van der Waals surface area contributed by atoms with Crippen LogP contribution < -0.4 is 10.6 Å². The molecule has 0 amide bonds. The number of thiophene rings is 2. The summed E-state index contributed by atoms with van der Waals surface area (Å²) in [4.78, 5) is 16.4. The summed E-state index contributed by atoms with van der Waals surface area (Å²) in [5.74, 6) is 0.907. The average molecular weight is 604 g/mol. The molecule has 178 valence electrons. The third-order valence-corrected chi connectivity index (χ3v) is 8.81. The third kappa shape index (κ3) is 6.03. The number of para-hydroxylation sites is 1. The van der Waals surface area contributed by atoms with Crippen molar-refractivity contribution >= 4 is 56.2 Å². The number of aromatic nitrogens is 2. The number of rotatable bonds is 12. The minimum Gasteiger partial charge on any atom is -0.308 e. The molecule has 1 fully saturated rings. The second-order valence-electron chi connectivity index (χ2n) is 8.84. The molecule has 0 spiro atoms. The molecular weight excluding hydrogens is 573 g/mol. The molecule has 5 nitrogen and oxygen atoms in total. The number of unbranched alkanes of at least 4 members (excludes halogenated alkanes) is 1. The Bertz CT molecular complexity index is 1210. The molecule has 4 heterocycles. The molecule has 1 saturated heterocycles. The van der Waals surface area contributed by atoms with Gasteiger partial charge in [0.25, 0.3) is 0 Å². The molecule has 0 saturated carbocycles. The molecule has 8 heteroatoms. The maximum absolute atomic E-state index is 5.07. The molecule has 4 aromatic rings. The number of alkyl halides is 1. The van der Waals surface area contributed by atoms with Crippen LogP contribution >= 0.6 is 45.3 Å². The Kier molecular flexibility index (Phi) is 8.24. The number of nitrogens with zero attached hydrogens (tertiary/aromatic N) is 3. The molecule has 1 aliphatic rings. The van der Waals surface area contributed by atoms with Crippen LogP contribution in [0.2, 0.25) is 0 Å².